The van der Waals surface area contributed by atoms with Crippen LogP contribution in [0.15, 0.2) is 84.9 Å². The van der Waals surface area contributed by atoms with E-state index >= 15 is 0 Å². The van der Waals surface area contributed by atoms with Crippen molar-refractivity contribution in [3.63, 3.8) is 0 Å². The number of hydrogen-bond acceptors (Lipinski definition) is 4. The lowest BCUT2D eigenvalue weighted by Gasteiger charge is -2.33. The summed E-state index contributed by atoms with van der Waals surface area (Å²) in [5.74, 6) is -1.16. The van der Waals surface area contributed by atoms with Gasteiger partial charge < -0.3 is 14.7 Å². The van der Waals surface area contributed by atoms with E-state index < -0.39 is 5.97 Å². The summed E-state index contributed by atoms with van der Waals surface area (Å²) in [4.78, 5) is 26.6. The molecule has 8 heteroatoms. The first-order chi connectivity index (χ1) is 17.5. The van der Waals surface area contributed by atoms with Crippen LogP contribution in [0, 0.1) is 0 Å². The summed E-state index contributed by atoms with van der Waals surface area (Å²) in [6.07, 6.45) is 0. The number of halogens is 1. The third-order valence-corrected chi connectivity index (χ3v) is 6.38. The number of carboxylic acids is 1. The van der Waals surface area contributed by atoms with Crippen molar-refractivity contribution < 1.29 is 19.4 Å². The monoisotopic (exact) mass is 501 g/mol. The molecule has 0 aliphatic carbocycles. The van der Waals surface area contributed by atoms with Gasteiger partial charge in [-0.3, -0.25) is 9.48 Å². The molecular formula is C28H24ClN3O4. The summed E-state index contributed by atoms with van der Waals surface area (Å²) in [6, 6.07) is 25.5. The summed E-state index contributed by atoms with van der Waals surface area (Å²) in [6.45, 7) is 1.49. The molecule has 0 saturated carbocycles. The predicted molar refractivity (Wildman–Crippen MR) is 136 cm³/mol. The van der Waals surface area contributed by atoms with Crippen molar-refractivity contribution in [1.29, 1.82) is 0 Å². The predicted octanol–water partition coefficient (Wildman–Crippen LogP) is 5.32. The molecule has 0 spiro atoms. The number of benzene rings is 3. The van der Waals surface area contributed by atoms with Crippen LogP contribution < -0.4 is 0 Å². The number of aromatic carboxylic acids is 1. The minimum absolute atomic E-state index is 0.164. The van der Waals surface area contributed by atoms with Crippen molar-refractivity contribution in [3.05, 3.63) is 112 Å². The lowest BCUT2D eigenvalue weighted by atomic mass is 10.1. The molecule has 0 fully saturated rings. The number of carbonyl (C=O) groups excluding carboxylic acids is 1. The van der Waals surface area contributed by atoms with Crippen LogP contribution in [0.1, 0.15) is 38.0 Å². The van der Waals surface area contributed by atoms with E-state index in [0.717, 1.165) is 16.7 Å². The molecule has 5 rings (SSSR count). The zero-order valence-corrected chi connectivity index (χ0v) is 20.1. The van der Waals surface area contributed by atoms with E-state index in [1.54, 1.807) is 39.9 Å². The second-order valence-electron chi connectivity index (χ2n) is 8.71. The van der Waals surface area contributed by atoms with E-state index in [0.29, 0.717) is 36.2 Å². The second-order valence-corrected chi connectivity index (χ2v) is 9.15. The average Bonchev–Trinajstić information content (AvgIpc) is 3.34. The van der Waals surface area contributed by atoms with Gasteiger partial charge in [-0.2, -0.15) is 5.10 Å². The van der Waals surface area contributed by atoms with Crippen LogP contribution in [0.2, 0.25) is 5.02 Å². The van der Waals surface area contributed by atoms with E-state index in [1.807, 2.05) is 48.5 Å². The van der Waals surface area contributed by atoms with Gasteiger partial charge in [-0.15, -0.1) is 0 Å². The van der Waals surface area contributed by atoms with Crippen LogP contribution in [0.3, 0.4) is 0 Å². The Bertz CT molecular complexity index is 1390. The topological polar surface area (TPSA) is 84.7 Å². The van der Waals surface area contributed by atoms with Crippen molar-refractivity contribution in [2.24, 2.45) is 0 Å². The molecule has 3 aromatic carbocycles. The Morgan fingerprint density at radius 2 is 1.75 bits per heavy atom. The molecule has 7 nitrogen and oxygen atoms in total. The third-order valence-electron chi connectivity index (χ3n) is 6.13. The smallest absolute Gasteiger partial charge is 0.335 e. The lowest BCUT2D eigenvalue weighted by molar-refractivity contribution is 0.0431. The SMILES string of the molecule is O=C(O)c1cccc(CN2CC(COCc3ccccc3)n3nc(-c4ccc(Cl)cc4)cc3C2=O)c1. The number of rotatable bonds is 8. The number of fused-ring (bicyclic) bond motifs is 1. The Hall–Kier alpha value is -3.94. The Kier molecular flexibility index (Phi) is 6.84. The molecule has 182 valence electrons. The Morgan fingerprint density at radius 1 is 1.00 bits per heavy atom. The van der Waals surface area contributed by atoms with Gasteiger partial charge in [-0.25, -0.2) is 4.79 Å². The molecule has 0 saturated heterocycles. The fourth-order valence-electron chi connectivity index (χ4n) is 4.34. The van der Waals surface area contributed by atoms with Crippen LogP contribution in [0.4, 0.5) is 0 Å². The van der Waals surface area contributed by atoms with E-state index in [4.69, 9.17) is 21.4 Å². The number of hydrogen-bond donors (Lipinski definition) is 1. The standard InChI is InChI=1S/C28H24ClN3O4/c29-23-11-9-21(10-12-23)25-14-26-27(33)31(15-20-7-4-8-22(13-20)28(34)35)16-24(32(26)30-25)18-36-17-19-5-2-1-3-6-19/h1-14,24H,15-18H2,(H,34,35). The van der Waals surface area contributed by atoms with E-state index in [-0.39, 0.29) is 24.1 Å². The van der Waals surface area contributed by atoms with Crippen molar-refractivity contribution in [2.45, 2.75) is 19.2 Å². The van der Waals surface area contributed by atoms with Crippen LogP contribution in [0.5, 0.6) is 0 Å². The highest BCUT2D eigenvalue weighted by Crippen LogP contribution is 2.29. The molecule has 0 bridgehead atoms. The van der Waals surface area contributed by atoms with Gasteiger partial charge in [-0.05, 0) is 41.5 Å². The summed E-state index contributed by atoms with van der Waals surface area (Å²) in [5.41, 5.74) is 4.01. The van der Waals surface area contributed by atoms with Crippen LogP contribution >= 0.6 is 11.6 Å². The first-order valence-electron chi connectivity index (χ1n) is 11.6. The highest BCUT2D eigenvalue weighted by atomic mass is 35.5. The van der Waals surface area contributed by atoms with E-state index in [9.17, 15) is 14.7 Å². The third kappa shape index (κ3) is 5.17. The Balaban J connectivity index is 1.42. The van der Waals surface area contributed by atoms with Gasteiger partial charge in [0.05, 0.1) is 30.5 Å². The zero-order valence-electron chi connectivity index (χ0n) is 19.4. The first-order valence-corrected chi connectivity index (χ1v) is 11.9. The zero-order chi connectivity index (χ0) is 25.1. The Labute approximate surface area is 213 Å². The molecule has 2 heterocycles. The molecule has 0 radical (unpaired) electrons. The minimum atomic E-state index is -1.00. The fraction of sp³-hybridized carbons (Fsp3) is 0.179. The Morgan fingerprint density at radius 3 is 2.50 bits per heavy atom. The largest absolute Gasteiger partial charge is 0.478 e. The van der Waals surface area contributed by atoms with Crippen molar-refractivity contribution in [1.82, 2.24) is 14.7 Å². The highest BCUT2D eigenvalue weighted by molar-refractivity contribution is 6.30. The van der Waals surface area contributed by atoms with Gasteiger partial charge >= 0.3 is 5.97 Å². The van der Waals surface area contributed by atoms with Crippen molar-refractivity contribution in [3.8, 4) is 11.3 Å². The van der Waals surface area contributed by atoms with E-state index in [2.05, 4.69) is 0 Å². The van der Waals surface area contributed by atoms with Gasteiger partial charge in [-0.1, -0.05) is 66.2 Å². The van der Waals surface area contributed by atoms with Gasteiger partial charge in [0, 0.05) is 23.7 Å². The summed E-state index contributed by atoms with van der Waals surface area (Å²) in [7, 11) is 0. The summed E-state index contributed by atoms with van der Waals surface area (Å²) < 4.78 is 7.79. The molecule has 36 heavy (non-hydrogen) atoms. The maximum Gasteiger partial charge on any atom is 0.335 e. The van der Waals surface area contributed by atoms with Gasteiger partial charge in [0.15, 0.2) is 0 Å². The van der Waals surface area contributed by atoms with Crippen LogP contribution in [0.25, 0.3) is 11.3 Å². The lowest BCUT2D eigenvalue weighted by Crippen LogP contribution is -2.44. The number of carbonyl (C=O) groups is 2. The molecule has 1 atom stereocenters. The number of amides is 1. The molecule has 1 aromatic heterocycles. The van der Waals surface area contributed by atoms with Crippen LogP contribution in [-0.4, -0.2) is 44.8 Å². The van der Waals surface area contributed by atoms with Crippen molar-refractivity contribution in [2.75, 3.05) is 13.2 Å². The maximum atomic E-state index is 13.5. The molecule has 1 N–H and O–H groups in total. The maximum absolute atomic E-state index is 13.5. The first kappa shape index (κ1) is 23.8. The van der Waals surface area contributed by atoms with E-state index in [1.165, 1.54) is 6.07 Å². The minimum Gasteiger partial charge on any atom is -0.478 e. The fourth-order valence-corrected chi connectivity index (χ4v) is 4.47. The van der Waals surface area contributed by atoms with Gasteiger partial charge in [0.2, 0.25) is 0 Å². The quantitative estimate of drug-likeness (QED) is 0.353. The molecule has 1 unspecified atom stereocenters. The van der Waals surface area contributed by atoms with Gasteiger partial charge in [0.1, 0.15) is 5.69 Å². The van der Waals surface area contributed by atoms with Crippen LogP contribution in [-0.2, 0) is 17.9 Å². The normalized spacial score (nSPS) is 15.1. The van der Waals surface area contributed by atoms with Gasteiger partial charge in [0.25, 0.3) is 5.91 Å². The number of nitrogens with zero attached hydrogens (tertiary/aromatic N) is 3. The molecule has 1 aliphatic heterocycles. The number of ether oxygens (including phenoxy) is 1. The average molecular weight is 502 g/mol. The highest BCUT2D eigenvalue weighted by Gasteiger charge is 2.33. The molecule has 1 aliphatic rings. The van der Waals surface area contributed by atoms with Crippen molar-refractivity contribution >= 4 is 23.5 Å². The molecular weight excluding hydrogens is 478 g/mol. The summed E-state index contributed by atoms with van der Waals surface area (Å²) in [5, 5.41) is 14.7. The molecule has 4 aromatic rings. The molecule has 1 amide bonds. The summed E-state index contributed by atoms with van der Waals surface area (Å²) >= 11 is 6.04. The number of aromatic nitrogens is 2. The second kappa shape index (κ2) is 10.4. The number of carboxylic acid groups (broad SMARTS) is 1.